The first-order valence-electron chi connectivity index (χ1n) is 6.95. The summed E-state index contributed by atoms with van der Waals surface area (Å²) in [4.78, 5) is 4.72. The van der Waals surface area contributed by atoms with Crippen molar-refractivity contribution < 1.29 is 4.74 Å². The third-order valence-corrected chi connectivity index (χ3v) is 3.69. The molecule has 5 heteroatoms. The van der Waals surface area contributed by atoms with Gasteiger partial charge in [-0.1, -0.05) is 18.2 Å². The molecule has 22 heavy (non-hydrogen) atoms. The molecule has 4 aromatic rings. The largest absolute Gasteiger partial charge is 0.497 e. The third-order valence-electron chi connectivity index (χ3n) is 3.69. The van der Waals surface area contributed by atoms with Crippen molar-refractivity contribution in [3.63, 3.8) is 0 Å². The number of hydrogen-bond donors (Lipinski definition) is 1. The van der Waals surface area contributed by atoms with Crippen LogP contribution in [0.15, 0.2) is 54.6 Å². The molecular weight excluding hydrogens is 276 g/mol. The van der Waals surface area contributed by atoms with Crippen molar-refractivity contribution in [2.24, 2.45) is 0 Å². The minimum absolute atomic E-state index is 0.476. The van der Waals surface area contributed by atoms with Gasteiger partial charge in [-0.15, -0.1) is 5.10 Å². The average molecular weight is 290 g/mol. The van der Waals surface area contributed by atoms with Crippen LogP contribution in [0.4, 0.5) is 5.82 Å². The molecule has 0 unspecified atom stereocenters. The summed E-state index contributed by atoms with van der Waals surface area (Å²) in [5.74, 6) is 1.25. The van der Waals surface area contributed by atoms with Crippen LogP contribution in [0, 0.1) is 0 Å². The van der Waals surface area contributed by atoms with Crippen LogP contribution in [0.1, 0.15) is 0 Å². The number of ether oxygens (including phenoxy) is 1. The van der Waals surface area contributed by atoms with Gasteiger partial charge in [0.2, 0.25) is 0 Å². The third kappa shape index (κ3) is 1.87. The van der Waals surface area contributed by atoms with Gasteiger partial charge < -0.3 is 10.5 Å². The summed E-state index contributed by atoms with van der Waals surface area (Å²) in [5.41, 5.74) is 8.59. The Kier molecular flexibility index (Phi) is 2.72. The van der Waals surface area contributed by atoms with Crippen molar-refractivity contribution in [1.82, 2.24) is 14.8 Å². The Morgan fingerprint density at radius 3 is 2.64 bits per heavy atom. The maximum atomic E-state index is 6.06. The van der Waals surface area contributed by atoms with E-state index >= 15 is 0 Å². The van der Waals surface area contributed by atoms with Crippen LogP contribution in [0.5, 0.6) is 5.75 Å². The summed E-state index contributed by atoms with van der Waals surface area (Å²) in [6, 6.07) is 17.6. The fraction of sp³-hybridized carbons (Fsp3) is 0.0588. The molecule has 0 aliphatic heterocycles. The lowest BCUT2D eigenvalue weighted by atomic mass is 10.2. The van der Waals surface area contributed by atoms with E-state index in [0.717, 1.165) is 33.4 Å². The number of aromatic nitrogens is 3. The zero-order valence-electron chi connectivity index (χ0n) is 12.0. The standard InChI is InChI=1S/C17H14N4O/c1-22-13-8-7-11-9-14-16(18)20-21(12-5-3-2-4-6-12)17(14)19-15(11)10-13/h2-10H,1H3,(H2,18,20). The zero-order valence-corrected chi connectivity index (χ0v) is 12.0. The van der Waals surface area contributed by atoms with E-state index in [-0.39, 0.29) is 0 Å². The summed E-state index contributed by atoms with van der Waals surface area (Å²) >= 11 is 0. The first kappa shape index (κ1) is 12.6. The van der Waals surface area contributed by atoms with Crippen LogP contribution >= 0.6 is 0 Å². The van der Waals surface area contributed by atoms with E-state index in [4.69, 9.17) is 15.5 Å². The van der Waals surface area contributed by atoms with Crippen molar-refractivity contribution >= 4 is 27.8 Å². The second kappa shape index (κ2) is 4.73. The van der Waals surface area contributed by atoms with E-state index in [2.05, 4.69) is 5.10 Å². The van der Waals surface area contributed by atoms with Gasteiger partial charge in [-0.05, 0) is 30.3 Å². The summed E-state index contributed by atoms with van der Waals surface area (Å²) in [5, 5.41) is 6.28. The highest BCUT2D eigenvalue weighted by atomic mass is 16.5. The predicted octanol–water partition coefficient (Wildman–Crippen LogP) is 3.16. The highest BCUT2D eigenvalue weighted by Crippen LogP contribution is 2.28. The molecule has 0 radical (unpaired) electrons. The smallest absolute Gasteiger partial charge is 0.165 e. The molecule has 0 amide bonds. The first-order chi connectivity index (χ1) is 10.8. The molecular formula is C17H14N4O. The van der Waals surface area contributed by atoms with Gasteiger partial charge in [0, 0.05) is 11.5 Å². The first-order valence-corrected chi connectivity index (χ1v) is 6.95. The average Bonchev–Trinajstić information content (AvgIpc) is 2.89. The van der Waals surface area contributed by atoms with Gasteiger partial charge in [0.15, 0.2) is 11.5 Å². The number of fused-ring (bicyclic) bond motifs is 2. The molecule has 2 heterocycles. The van der Waals surface area contributed by atoms with Crippen LogP contribution in [-0.2, 0) is 0 Å². The Bertz CT molecular complexity index is 976. The SMILES string of the molecule is COc1ccc2cc3c(N)nn(-c4ccccc4)c3nc2c1. The Hall–Kier alpha value is -3.08. The van der Waals surface area contributed by atoms with Crippen molar-refractivity contribution in [2.75, 3.05) is 12.8 Å². The van der Waals surface area contributed by atoms with Crippen LogP contribution in [-0.4, -0.2) is 21.9 Å². The molecule has 108 valence electrons. The lowest BCUT2D eigenvalue weighted by Crippen LogP contribution is -1.98. The topological polar surface area (TPSA) is 66.0 Å². The van der Waals surface area contributed by atoms with Crippen LogP contribution < -0.4 is 10.5 Å². The molecule has 0 fully saturated rings. The van der Waals surface area contributed by atoms with E-state index in [1.54, 1.807) is 11.8 Å². The number of hydrogen-bond acceptors (Lipinski definition) is 4. The molecule has 4 rings (SSSR count). The highest BCUT2D eigenvalue weighted by Gasteiger charge is 2.12. The number of pyridine rings is 1. The molecule has 0 spiro atoms. The Labute approximate surface area is 126 Å². The van der Waals surface area contributed by atoms with E-state index in [1.165, 1.54) is 0 Å². The second-order valence-electron chi connectivity index (χ2n) is 5.05. The highest BCUT2D eigenvalue weighted by molar-refractivity contribution is 5.97. The van der Waals surface area contributed by atoms with Crippen LogP contribution in [0.3, 0.4) is 0 Å². The monoisotopic (exact) mass is 290 g/mol. The Morgan fingerprint density at radius 2 is 1.86 bits per heavy atom. The quantitative estimate of drug-likeness (QED) is 0.616. The number of nitrogens with zero attached hydrogens (tertiary/aromatic N) is 3. The fourth-order valence-electron chi connectivity index (χ4n) is 2.57. The minimum atomic E-state index is 0.476. The van der Waals surface area contributed by atoms with Crippen molar-refractivity contribution in [2.45, 2.75) is 0 Å². The molecule has 0 aliphatic carbocycles. The maximum Gasteiger partial charge on any atom is 0.165 e. The van der Waals surface area contributed by atoms with E-state index in [9.17, 15) is 0 Å². The van der Waals surface area contributed by atoms with E-state index in [0.29, 0.717) is 5.82 Å². The number of benzene rings is 2. The molecule has 0 bridgehead atoms. The molecule has 2 aromatic heterocycles. The van der Waals surface area contributed by atoms with Gasteiger partial charge in [-0.2, -0.15) is 0 Å². The van der Waals surface area contributed by atoms with Crippen molar-refractivity contribution in [3.8, 4) is 11.4 Å². The summed E-state index contributed by atoms with van der Waals surface area (Å²) in [6.07, 6.45) is 0. The predicted molar refractivity (Wildman–Crippen MR) is 87.3 cm³/mol. The van der Waals surface area contributed by atoms with Gasteiger partial charge in [-0.25, -0.2) is 9.67 Å². The summed E-state index contributed by atoms with van der Waals surface area (Å²) in [7, 11) is 1.64. The summed E-state index contributed by atoms with van der Waals surface area (Å²) < 4.78 is 7.03. The van der Waals surface area contributed by atoms with Gasteiger partial charge in [-0.3, -0.25) is 0 Å². The number of nitrogen functional groups attached to an aromatic ring is 1. The van der Waals surface area contributed by atoms with Gasteiger partial charge in [0.05, 0.1) is 23.7 Å². The van der Waals surface area contributed by atoms with E-state index < -0.39 is 0 Å². The molecule has 2 N–H and O–H groups in total. The normalized spacial score (nSPS) is 11.1. The van der Waals surface area contributed by atoms with Gasteiger partial charge >= 0.3 is 0 Å². The minimum Gasteiger partial charge on any atom is -0.497 e. The number of rotatable bonds is 2. The van der Waals surface area contributed by atoms with Crippen LogP contribution in [0.25, 0.3) is 27.6 Å². The Balaban J connectivity index is 2.05. The van der Waals surface area contributed by atoms with Crippen molar-refractivity contribution in [1.29, 1.82) is 0 Å². The van der Waals surface area contributed by atoms with E-state index in [1.807, 2.05) is 54.6 Å². The Morgan fingerprint density at radius 1 is 1.05 bits per heavy atom. The molecule has 0 atom stereocenters. The molecule has 0 saturated heterocycles. The number of anilines is 1. The maximum absolute atomic E-state index is 6.06. The zero-order chi connectivity index (χ0) is 15.1. The lowest BCUT2D eigenvalue weighted by molar-refractivity contribution is 0.415. The fourth-order valence-corrected chi connectivity index (χ4v) is 2.57. The van der Waals surface area contributed by atoms with Gasteiger partial charge in [0.1, 0.15) is 5.75 Å². The van der Waals surface area contributed by atoms with Crippen LogP contribution in [0.2, 0.25) is 0 Å². The molecule has 2 aromatic carbocycles. The number of methoxy groups -OCH3 is 1. The summed E-state index contributed by atoms with van der Waals surface area (Å²) in [6.45, 7) is 0. The van der Waals surface area contributed by atoms with Gasteiger partial charge in [0.25, 0.3) is 0 Å². The second-order valence-corrected chi connectivity index (χ2v) is 5.05. The number of para-hydroxylation sites is 1. The number of nitrogens with two attached hydrogens (primary N) is 1. The molecule has 5 nitrogen and oxygen atoms in total. The molecule has 0 aliphatic rings. The molecule has 0 saturated carbocycles. The lowest BCUT2D eigenvalue weighted by Gasteiger charge is -2.04. The van der Waals surface area contributed by atoms with Crippen molar-refractivity contribution in [3.05, 3.63) is 54.6 Å².